The third kappa shape index (κ3) is 5.04. The minimum absolute atomic E-state index is 0.0334. The van der Waals surface area contributed by atoms with Crippen LogP contribution >= 0.6 is 0 Å². The summed E-state index contributed by atoms with van der Waals surface area (Å²) in [5, 5.41) is 17.0. The first-order valence-electron chi connectivity index (χ1n) is 10.6. The Balaban J connectivity index is 1.26. The Kier molecular flexibility index (Phi) is 6.40. The number of nitrogens with zero attached hydrogens (tertiary/aromatic N) is 2. The molecule has 1 aromatic carbocycles. The maximum atomic E-state index is 12.2. The SMILES string of the molecule is O=C(CN1CCCC1=O)Nc1ccc(CC2CCC(C(O)c3cccnc3)N2)cc1. The van der Waals surface area contributed by atoms with Gasteiger partial charge in [-0.05, 0) is 49.4 Å². The van der Waals surface area contributed by atoms with Gasteiger partial charge in [0.05, 0.1) is 12.6 Å². The second-order valence-electron chi connectivity index (χ2n) is 8.15. The van der Waals surface area contributed by atoms with Crippen molar-refractivity contribution >= 4 is 17.5 Å². The maximum absolute atomic E-state index is 12.2. The lowest BCUT2D eigenvalue weighted by molar-refractivity contribution is -0.131. The molecule has 158 valence electrons. The van der Waals surface area contributed by atoms with Gasteiger partial charge in [-0.3, -0.25) is 14.6 Å². The van der Waals surface area contributed by atoms with E-state index in [2.05, 4.69) is 15.6 Å². The number of carbonyl (C=O) groups excluding carboxylic acids is 2. The molecule has 7 nitrogen and oxygen atoms in total. The van der Waals surface area contributed by atoms with Crippen LogP contribution in [0.5, 0.6) is 0 Å². The Morgan fingerprint density at radius 3 is 2.80 bits per heavy atom. The fourth-order valence-electron chi connectivity index (χ4n) is 4.30. The smallest absolute Gasteiger partial charge is 0.243 e. The van der Waals surface area contributed by atoms with Crippen LogP contribution in [0.2, 0.25) is 0 Å². The number of benzene rings is 1. The van der Waals surface area contributed by atoms with Crippen molar-refractivity contribution in [3.63, 3.8) is 0 Å². The topological polar surface area (TPSA) is 94.6 Å². The van der Waals surface area contributed by atoms with Gasteiger partial charge in [-0.2, -0.15) is 0 Å². The van der Waals surface area contributed by atoms with Gasteiger partial charge in [-0.25, -0.2) is 0 Å². The van der Waals surface area contributed by atoms with E-state index in [4.69, 9.17) is 0 Å². The first-order valence-corrected chi connectivity index (χ1v) is 10.6. The molecular weight excluding hydrogens is 380 g/mol. The summed E-state index contributed by atoms with van der Waals surface area (Å²) in [6.07, 6.45) is 7.03. The minimum Gasteiger partial charge on any atom is -0.387 e. The Labute approximate surface area is 176 Å². The molecule has 2 aliphatic heterocycles. The van der Waals surface area contributed by atoms with E-state index in [9.17, 15) is 14.7 Å². The fraction of sp³-hybridized carbons (Fsp3) is 0.435. The van der Waals surface area contributed by atoms with Crippen LogP contribution in [0.1, 0.15) is 42.9 Å². The van der Waals surface area contributed by atoms with E-state index in [1.54, 1.807) is 17.3 Å². The van der Waals surface area contributed by atoms with Crippen molar-refractivity contribution in [2.24, 2.45) is 0 Å². The van der Waals surface area contributed by atoms with Crippen molar-refractivity contribution < 1.29 is 14.7 Å². The molecule has 0 spiro atoms. The lowest BCUT2D eigenvalue weighted by Gasteiger charge is -2.20. The molecule has 2 saturated heterocycles. The molecule has 7 heteroatoms. The van der Waals surface area contributed by atoms with Gasteiger partial charge in [0.1, 0.15) is 0 Å². The number of amides is 2. The van der Waals surface area contributed by atoms with Crippen molar-refractivity contribution in [3.8, 4) is 0 Å². The molecule has 4 rings (SSSR count). The highest BCUT2D eigenvalue weighted by atomic mass is 16.3. The minimum atomic E-state index is -0.552. The molecule has 0 radical (unpaired) electrons. The van der Waals surface area contributed by atoms with Crippen LogP contribution in [0, 0.1) is 0 Å². The van der Waals surface area contributed by atoms with Crippen LogP contribution in [0.4, 0.5) is 5.69 Å². The van der Waals surface area contributed by atoms with Crippen LogP contribution in [-0.4, -0.2) is 52.0 Å². The predicted octanol–water partition coefficient (Wildman–Crippen LogP) is 2.04. The van der Waals surface area contributed by atoms with Crippen LogP contribution in [0.25, 0.3) is 0 Å². The molecule has 30 heavy (non-hydrogen) atoms. The molecule has 2 fully saturated rings. The van der Waals surface area contributed by atoms with Crippen molar-refractivity contribution in [2.45, 2.75) is 50.3 Å². The molecule has 2 amide bonds. The summed E-state index contributed by atoms with van der Waals surface area (Å²) >= 11 is 0. The predicted molar refractivity (Wildman–Crippen MR) is 114 cm³/mol. The number of likely N-dealkylation sites (tertiary alicyclic amines) is 1. The van der Waals surface area contributed by atoms with E-state index in [1.807, 2.05) is 36.4 Å². The third-order valence-electron chi connectivity index (χ3n) is 5.91. The molecule has 0 saturated carbocycles. The average molecular weight is 409 g/mol. The zero-order valence-corrected chi connectivity index (χ0v) is 17.0. The second-order valence-corrected chi connectivity index (χ2v) is 8.15. The molecule has 3 N–H and O–H groups in total. The highest BCUT2D eigenvalue weighted by Crippen LogP contribution is 2.26. The number of rotatable bonds is 7. The highest BCUT2D eigenvalue weighted by Gasteiger charge is 2.30. The van der Waals surface area contributed by atoms with Crippen LogP contribution in [0.3, 0.4) is 0 Å². The normalized spacial score (nSPS) is 22.3. The molecular formula is C23H28N4O3. The number of aromatic nitrogens is 1. The number of carbonyl (C=O) groups is 2. The first-order chi connectivity index (χ1) is 14.6. The van der Waals surface area contributed by atoms with Gasteiger partial charge < -0.3 is 20.6 Å². The van der Waals surface area contributed by atoms with Crippen LogP contribution in [-0.2, 0) is 16.0 Å². The van der Waals surface area contributed by atoms with Crippen molar-refractivity contribution in [2.75, 3.05) is 18.4 Å². The number of aliphatic hydroxyl groups excluding tert-OH is 1. The monoisotopic (exact) mass is 408 g/mol. The van der Waals surface area contributed by atoms with Gasteiger partial charge in [-0.15, -0.1) is 0 Å². The molecule has 0 bridgehead atoms. The lowest BCUT2D eigenvalue weighted by Crippen LogP contribution is -2.35. The standard InChI is InChI=1S/C23H28N4O3/c28-21(15-27-12-2-4-22(27)29)26-18-7-5-16(6-8-18)13-19-9-10-20(25-19)23(30)17-3-1-11-24-14-17/h1,3,5-8,11,14,19-20,23,25,30H,2,4,9-10,12-13,15H2,(H,26,28). The van der Waals surface area contributed by atoms with Crippen LogP contribution in [0.15, 0.2) is 48.8 Å². The number of nitrogens with one attached hydrogen (secondary N) is 2. The summed E-state index contributed by atoms with van der Waals surface area (Å²) in [4.78, 5) is 29.5. The lowest BCUT2D eigenvalue weighted by atomic mass is 10.0. The number of pyridine rings is 1. The fourth-order valence-corrected chi connectivity index (χ4v) is 4.30. The summed E-state index contributed by atoms with van der Waals surface area (Å²) in [6, 6.07) is 11.9. The Hall–Kier alpha value is -2.77. The zero-order chi connectivity index (χ0) is 20.9. The molecule has 3 heterocycles. The van der Waals surface area contributed by atoms with Crippen molar-refractivity contribution in [1.82, 2.24) is 15.2 Å². The quantitative estimate of drug-likeness (QED) is 0.652. The maximum Gasteiger partial charge on any atom is 0.243 e. The largest absolute Gasteiger partial charge is 0.387 e. The van der Waals surface area contributed by atoms with E-state index < -0.39 is 6.10 Å². The van der Waals surface area contributed by atoms with E-state index in [-0.39, 0.29) is 24.4 Å². The van der Waals surface area contributed by atoms with Gasteiger partial charge in [0.25, 0.3) is 0 Å². The summed E-state index contributed by atoms with van der Waals surface area (Å²) in [6.45, 7) is 0.781. The van der Waals surface area contributed by atoms with E-state index in [1.165, 1.54) is 5.56 Å². The number of aliphatic hydroxyl groups is 1. The van der Waals surface area contributed by atoms with E-state index >= 15 is 0 Å². The molecule has 1 aromatic heterocycles. The molecule has 0 aliphatic carbocycles. The number of hydrogen-bond acceptors (Lipinski definition) is 5. The van der Waals surface area contributed by atoms with Crippen molar-refractivity contribution in [1.29, 1.82) is 0 Å². The van der Waals surface area contributed by atoms with Gasteiger partial charge in [-0.1, -0.05) is 18.2 Å². The molecule has 2 aliphatic rings. The number of hydrogen-bond donors (Lipinski definition) is 3. The van der Waals surface area contributed by atoms with Crippen LogP contribution < -0.4 is 10.6 Å². The van der Waals surface area contributed by atoms with Gasteiger partial charge in [0, 0.05) is 48.7 Å². The van der Waals surface area contributed by atoms with Crippen molar-refractivity contribution in [3.05, 3.63) is 59.9 Å². The summed E-state index contributed by atoms with van der Waals surface area (Å²) in [5.74, 6) is -0.112. The molecule has 2 aromatic rings. The highest BCUT2D eigenvalue weighted by molar-refractivity contribution is 5.94. The number of anilines is 1. The third-order valence-corrected chi connectivity index (χ3v) is 5.91. The molecule has 3 atom stereocenters. The second kappa shape index (κ2) is 9.36. The van der Waals surface area contributed by atoms with E-state index in [0.717, 1.165) is 36.9 Å². The Bertz CT molecular complexity index is 872. The van der Waals surface area contributed by atoms with Gasteiger partial charge in [0.2, 0.25) is 11.8 Å². The van der Waals surface area contributed by atoms with E-state index in [0.29, 0.717) is 19.0 Å². The summed E-state index contributed by atoms with van der Waals surface area (Å²) in [5.41, 5.74) is 2.75. The molecule has 3 unspecified atom stereocenters. The van der Waals surface area contributed by atoms with Gasteiger partial charge in [0.15, 0.2) is 0 Å². The first kappa shape index (κ1) is 20.5. The Morgan fingerprint density at radius 1 is 1.27 bits per heavy atom. The summed E-state index contributed by atoms with van der Waals surface area (Å²) < 4.78 is 0. The average Bonchev–Trinajstić information content (AvgIpc) is 3.39. The van der Waals surface area contributed by atoms with Gasteiger partial charge >= 0.3 is 0 Å². The zero-order valence-electron chi connectivity index (χ0n) is 17.0. The Morgan fingerprint density at radius 2 is 2.10 bits per heavy atom. The summed E-state index contributed by atoms with van der Waals surface area (Å²) in [7, 11) is 0.